The summed E-state index contributed by atoms with van der Waals surface area (Å²) in [6.45, 7) is 0.309. The van der Waals surface area contributed by atoms with E-state index in [-0.39, 0.29) is 5.56 Å². The number of fused-ring (bicyclic) bond motifs is 1. The van der Waals surface area contributed by atoms with Crippen molar-refractivity contribution in [3.8, 4) is 0 Å². The predicted molar refractivity (Wildman–Crippen MR) is 52.3 cm³/mol. The summed E-state index contributed by atoms with van der Waals surface area (Å²) < 4.78 is 6.06. The number of nitrogen functional groups attached to an aromatic ring is 1. The molecule has 0 unspecified atom stereocenters. The molecule has 0 atom stereocenters. The maximum Gasteiger partial charge on any atom is 0.275 e. The molecule has 2 heterocycles. The summed E-state index contributed by atoms with van der Waals surface area (Å²) in [4.78, 5) is 16.1. The van der Waals surface area contributed by atoms with E-state index in [1.54, 1.807) is 7.11 Å². The second-order valence-corrected chi connectivity index (χ2v) is 3.64. The molecule has 0 saturated carbocycles. The molecule has 7 heteroatoms. The number of nitrogens with two attached hydrogens (primary N) is 1. The highest BCUT2D eigenvalue weighted by molar-refractivity contribution is 7.20. The Morgan fingerprint density at radius 1 is 1.71 bits per heavy atom. The molecule has 14 heavy (non-hydrogen) atoms. The number of nitrogens with zero attached hydrogens (tertiary/aromatic N) is 3. The summed E-state index contributed by atoms with van der Waals surface area (Å²) in [6.07, 6.45) is 0. The van der Waals surface area contributed by atoms with Crippen LogP contribution in [0.15, 0.2) is 10.9 Å². The van der Waals surface area contributed by atoms with E-state index in [2.05, 4.69) is 10.1 Å². The molecule has 2 rings (SSSR count). The molecule has 2 N–H and O–H groups in total. The molecule has 0 aromatic carbocycles. The minimum absolute atomic E-state index is 0.241. The number of anilines is 1. The number of aromatic nitrogens is 3. The first-order chi connectivity index (χ1) is 6.70. The van der Waals surface area contributed by atoms with Crippen LogP contribution in [0, 0.1) is 0 Å². The fraction of sp³-hybridized carbons (Fsp3) is 0.286. The highest BCUT2D eigenvalue weighted by atomic mass is 32.1. The quantitative estimate of drug-likeness (QED) is 0.750. The SMILES string of the molecule is COCc1cc(=O)n2nc(N)sc2n1. The molecule has 0 radical (unpaired) electrons. The number of hydrogen-bond acceptors (Lipinski definition) is 6. The number of ether oxygens (including phenoxy) is 1. The van der Waals surface area contributed by atoms with Crippen LogP contribution in [0.5, 0.6) is 0 Å². The molecule has 0 aliphatic rings. The first kappa shape index (κ1) is 9.10. The van der Waals surface area contributed by atoms with E-state index >= 15 is 0 Å². The summed E-state index contributed by atoms with van der Waals surface area (Å²) in [5.41, 5.74) is 5.80. The van der Waals surface area contributed by atoms with Crippen LogP contribution in [0.3, 0.4) is 0 Å². The van der Waals surface area contributed by atoms with Crippen molar-refractivity contribution in [1.29, 1.82) is 0 Å². The van der Waals surface area contributed by atoms with Crippen LogP contribution in [0.2, 0.25) is 0 Å². The minimum atomic E-state index is -0.241. The zero-order valence-electron chi connectivity index (χ0n) is 7.43. The van der Waals surface area contributed by atoms with Gasteiger partial charge in [-0.2, -0.15) is 4.52 Å². The third-order valence-corrected chi connectivity index (χ3v) is 2.34. The Bertz CT molecular complexity index is 518. The Morgan fingerprint density at radius 3 is 3.21 bits per heavy atom. The van der Waals surface area contributed by atoms with Crippen molar-refractivity contribution in [1.82, 2.24) is 14.6 Å². The van der Waals surface area contributed by atoms with Crippen molar-refractivity contribution in [3.05, 3.63) is 22.1 Å². The number of hydrogen-bond donors (Lipinski definition) is 1. The Morgan fingerprint density at radius 2 is 2.50 bits per heavy atom. The Labute approximate surface area is 83.0 Å². The Hall–Kier alpha value is -1.47. The van der Waals surface area contributed by atoms with Gasteiger partial charge in [0.15, 0.2) is 0 Å². The van der Waals surface area contributed by atoms with Crippen molar-refractivity contribution in [2.45, 2.75) is 6.61 Å². The fourth-order valence-corrected chi connectivity index (χ4v) is 1.78. The maximum absolute atomic E-state index is 11.4. The van der Waals surface area contributed by atoms with Crippen molar-refractivity contribution < 1.29 is 4.74 Å². The van der Waals surface area contributed by atoms with E-state index in [0.29, 0.717) is 22.4 Å². The normalized spacial score (nSPS) is 10.9. The van der Waals surface area contributed by atoms with Gasteiger partial charge in [-0.05, 0) is 0 Å². The third kappa shape index (κ3) is 1.47. The summed E-state index contributed by atoms with van der Waals surface area (Å²) in [5.74, 6) is 0. The zero-order chi connectivity index (χ0) is 10.1. The Kier molecular flexibility index (Phi) is 2.18. The average molecular weight is 212 g/mol. The standard InChI is InChI=1S/C7H8N4O2S/c1-13-3-4-2-5(12)11-7(9-4)14-6(8)10-11/h2H,3H2,1H3,(H2,8,10). The van der Waals surface area contributed by atoms with Gasteiger partial charge < -0.3 is 10.5 Å². The summed E-state index contributed by atoms with van der Waals surface area (Å²) in [6, 6.07) is 1.38. The highest BCUT2D eigenvalue weighted by Gasteiger charge is 2.06. The first-order valence-corrected chi connectivity index (χ1v) is 4.66. The second kappa shape index (κ2) is 3.35. The average Bonchev–Trinajstić information content (AvgIpc) is 2.47. The third-order valence-electron chi connectivity index (χ3n) is 1.61. The van der Waals surface area contributed by atoms with Crippen molar-refractivity contribution in [3.63, 3.8) is 0 Å². The lowest BCUT2D eigenvalue weighted by atomic mass is 10.4. The van der Waals surface area contributed by atoms with Gasteiger partial charge in [-0.15, -0.1) is 5.10 Å². The van der Waals surface area contributed by atoms with Gasteiger partial charge >= 0.3 is 0 Å². The van der Waals surface area contributed by atoms with Crippen molar-refractivity contribution >= 4 is 21.4 Å². The molecule has 0 aliphatic carbocycles. The van der Waals surface area contributed by atoms with Crippen LogP contribution in [-0.4, -0.2) is 21.7 Å². The van der Waals surface area contributed by atoms with Crippen LogP contribution < -0.4 is 11.3 Å². The van der Waals surface area contributed by atoms with Gasteiger partial charge in [0, 0.05) is 13.2 Å². The monoisotopic (exact) mass is 212 g/mol. The van der Waals surface area contributed by atoms with Gasteiger partial charge in [0.2, 0.25) is 10.1 Å². The van der Waals surface area contributed by atoms with E-state index in [4.69, 9.17) is 10.5 Å². The van der Waals surface area contributed by atoms with Crippen molar-refractivity contribution in [2.75, 3.05) is 12.8 Å². The molecule has 0 amide bonds. The van der Waals surface area contributed by atoms with Crippen molar-refractivity contribution in [2.24, 2.45) is 0 Å². The van der Waals surface area contributed by atoms with Gasteiger partial charge in [0.05, 0.1) is 12.3 Å². The van der Waals surface area contributed by atoms with Crippen LogP contribution in [-0.2, 0) is 11.3 Å². The van der Waals surface area contributed by atoms with Gasteiger partial charge in [-0.1, -0.05) is 11.3 Å². The smallest absolute Gasteiger partial charge is 0.275 e. The van der Waals surface area contributed by atoms with E-state index < -0.39 is 0 Å². The molecule has 74 valence electrons. The van der Waals surface area contributed by atoms with E-state index in [9.17, 15) is 4.79 Å². The minimum Gasteiger partial charge on any atom is -0.378 e. The van der Waals surface area contributed by atoms with E-state index in [0.717, 1.165) is 0 Å². The predicted octanol–water partition coefficient (Wildman–Crippen LogP) is -0.120. The summed E-state index contributed by atoms with van der Waals surface area (Å²) in [7, 11) is 1.55. The molecule has 0 saturated heterocycles. The summed E-state index contributed by atoms with van der Waals surface area (Å²) >= 11 is 1.17. The lowest BCUT2D eigenvalue weighted by Crippen LogP contribution is -2.15. The number of rotatable bonds is 2. The van der Waals surface area contributed by atoms with Crippen LogP contribution >= 0.6 is 11.3 Å². The lowest BCUT2D eigenvalue weighted by molar-refractivity contribution is 0.181. The zero-order valence-corrected chi connectivity index (χ0v) is 8.24. The molecule has 0 fully saturated rings. The highest BCUT2D eigenvalue weighted by Crippen LogP contribution is 2.12. The molecule has 0 bridgehead atoms. The Balaban J connectivity index is 2.65. The van der Waals surface area contributed by atoms with Crippen LogP contribution in [0.25, 0.3) is 4.96 Å². The molecule has 2 aromatic rings. The molecule has 0 aliphatic heterocycles. The molecular weight excluding hydrogens is 204 g/mol. The lowest BCUT2D eigenvalue weighted by Gasteiger charge is -1.96. The summed E-state index contributed by atoms with van der Waals surface area (Å²) in [5, 5.41) is 4.13. The van der Waals surface area contributed by atoms with Gasteiger partial charge in [0.1, 0.15) is 0 Å². The van der Waals surface area contributed by atoms with Crippen LogP contribution in [0.4, 0.5) is 5.13 Å². The van der Waals surface area contributed by atoms with E-state index in [1.165, 1.54) is 21.9 Å². The molecule has 6 nitrogen and oxygen atoms in total. The second-order valence-electron chi connectivity index (χ2n) is 2.65. The van der Waals surface area contributed by atoms with Gasteiger partial charge in [-0.25, -0.2) is 4.98 Å². The first-order valence-electron chi connectivity index (χ1n) is 3.85. The maximum atomic E-state index is 11.4. The molecule has 0 spiro atoms. The van der Waals surface area contributed by atoms with E-state index in [1.807, 2.05) is 0 Å². The molecule has 2 aromatic heterocycles. The molecular formula is C7H8N4O2S. The topological polar surface area (TPSA) is 82.5 Å². The fourth-order valence-electron chi connectivity index (χ4n) is 1.09. The number of methoxy groups -OCH3 is 1. The largest absolute Gasteiger partial charge is 0.378 e. The van der Waals surface area contributed by atoms with Gasteiger partial charge in [-0.3, -0.25) is 4.79 Å². The van der Waals surface area contributed by atoms with Crippen LogP contribution in [0.1, 0.15) is 5.69 Å². The van der Waals surface area contributed by atoms with Gasteiger partial charge in [0.25, 0.3) is 5.56 Å².